The maximum absolute atomic E-state index is 11.3. The van der Waals surface area contributed by atoms with Gasteiger partial charge in [-0.15, -0.1) is 0 Å². The van der Waals surface area contributed by atoms with Crippen LogP contribution in [0.1, 0.15) is 26.7 Å². The number of nitriles is 1. The fraction of sp³-hybridized carbons (Fsp3) is 0.800. The lowest BCUT2D eigenvalue weighted by Gasteiger charge is -2.07. The Bertz CT molecular complexity index is 254. The van der Waals surface area contributed by atoms with E-state index in [1.807, 2.05) is 0 Å². The number of carbonyl (C=O) groups excluding carboxylic acids is 1. The Morgan fingerprint density at radius 1 is 1.77 bits per heavy atom. The molecule has 0 radical (unpaired) electrons. The average molecular weight is 181 g/mol. The predicted octanol–water partition coefficient (Wildman–Crippen LogP) is 1.74. The minimum Gasteiger partial charge on any atom is -0.468 e. The summed E-state index contributed by atoms with van der Waals surface area (Å²) in [5, 5.41) is 8.89. The highest BCUT2D eigenvalue weighted by atomic mass is 16.5. The first-order chi connectivity index (χ1) is 6.06. The molecule has 3 nitrogen and oxygen atoms in total. The van der Waals surface area contributed by atoms with Crippen molar-refractivity contribution in [3.05, 3.63) is 0 Å². The normalized spacial score (nSPS) is 31.2. The number of rotatable bonds is 3. The standard InChI is InChI=1S/C10H15NO2/c1-7(2)4-8-5-10(8,6-11)9(12)13-3/h7-8H,4-5H2,1-3H3/t8-,10+/m0/s1. The van der Waals surface area contributed by atoms with Crippen LogP contribution in [0.15, 0.2) is 0 Å². The molecule has 0 heterocycles. The van der Waals surface area contributed by atoms with Crippen LogP contribution in [0.4, 0.5) is 0 Å². The first kappa shape index (κ1) is 10.0. The predicted molar refractivity (Wildman–Crippen MR) is 47.6 cm³/mol. The summed E-state index contributed by atoms with van der Waals surface area (Å²) >= 11 is 0. The Labute approximate surface area is 78.7 Å². The van der Waals surface area contributed by atoms with Crippen molar-refractivity contribution in [2.75, 3.05) is 7.11 Å². The van der Waals surface area contributed by atoms with Crippen LogP contribution in [-0.2, 0) is 9.53 Å². The molecule has 13 heavy (non-hydrogen) atoms. The summed E-state index contributed by atoms with van der Waals surface area (Å²) in [7, 11) is 1.34. The third-order valence-corrected chi connectivity index (χ3v) is 2.61. The fourth-order valence-corrected chi connectivity index (χ4v) is 1.80. The highest BCUT2D eigenvalue weighted by Crippen LogP contribution is 2.55. The summed E-state index contributed by atoms with van der Waals surface area (Å²) in [6.45, 7) is 4.19. The molecule has 0 unspecified atom stereocenters. The van der Waals surface area contributed by atoms with E-state index in [1.165, 1.54) is 7.11 Å². The van der Waals surface area contributed by atoms with Crippen molar-refractivity contribution < 1.29 is 9.53 Å². The Hall–Kier alpha value is -1.04. The molecule has 0 saturated heterocycles. The van der Waals surface area contributed by atoms with E-state index in [2.05, 4.69) is 24.7 Å². The lowest BCUT2D eigenvalue weighted by Crippen LogP contribution is -2.18. The van der Waals surface area contributed by atoms with Gasteiger partial charge in [-0.2, -0.15) is 5.26 Å². The maximum Gasteiger partial charge on any atom is 0.326 e. The molecule has 1 fully saturated rings. The topological polar surface area (TPSA) is 50.1 Å². The Kier molecular flexibility index (Phi) is 2.60. The van der Waals surface area contributed by atoms with Gasteiger partial charge < -0.3 is 4.74 Å². The molecule has 1 rings (SSSR count). The number of hydrogen-bond acceptors (Lipinski definition) is 3. The number of ether oxygens (including phenoxy) is 1. The molecular weight excluding hydrogens is 166 g/mol. The summed E-state index contributed by atoms with van der Waals surface area (Å²) in [6, 6.07) is 2.08. The highest BCUT2D eigenvalue weighted by molar-refractivity contribution is 5.83. The van der Waals surface area contributed by atoms with Crippen molar-refractivity contribution in [2.24, 2.45) is 17.3 Å². The van der Waals surface area contributed by atoms with Crippen LogP contribution in [0, 0.1) is 28.6 Å². The zero-order chi connectivity index (χ0) is 10.1. The van der Waals surface area contributed by atoms with E-state index in [1.54, 1.807) is 0 Å². The molecule has 0 aromatic rings. The highest BCUT2D eigenvalue weighted by Gasteiger charge is 2.61. The summed E-state index contributed by atoms with van der Waals surface area (Å²) < 4.78 is 4.62. The molecule has 2 atom stereocenters. The molecule has 3 heteroatoms. The van der Waals surface area contributed by atoms with E-state index >= 15 is 0 Å². The van der Waals surface area contributed by atoms with Crippen LogP contribution in [-0.4, -0.2) is 13.1 Å². The van der Waals surface area contributed by atoms with E-state index in [9.17, 15) is 4.79 Å². The lowest BCUT2D eigenvalue weighted by molar-refractivity contribution is -0.145. The zero-order valence-electron chi connectivity index (χ0n) is 8.33. The zero-order valence-corrected chi connectivity index (χ0v) is 8.33. The minimum atomic E-state index is -0.807. The van der Waals surface area contributed by atoms with Gasteiger partial charge in [0.05, 0.1) is 13.2 Å². The molecule has 0 bridgehead atoms. The molecule has 0 spiro atoms. The molecule has 1 saturated carbocycles. The monoisotopic (exact) mass is 181 g/mol. The third kappa shape index (κ3) is 1.67. The van der Waals surface area contributed by atoms with Crippen LogP contribution in [0.5, 0.6) is 0 Å². The number of carbonyl (C=O) groups is 1. The van der Waals surface area contributed by atoms with Gasteiger partial charge in [-0.3, -0.25) is 4.79 Å². The SMILES string of the molecule is COC(=O)[C@@]1(C#N)C[C@@H]1CC(C)C. The molecule has 1 aliphatic carbocycles. The van der Waals surface area contributed by atoms with Gasteiger partial charge in [0.25, 0.3) is 0 Å². The number of methoxy groups -OCH3 is 1. The van der Waals surface area contributed by atoms with E-state index in [4.69, 9.17) is 5.26 Å². The van der Waals surface area contributed by atoms with Crippen molar-refractivity contribution in [1.29, 1.82) is 5.26 Å². The minimum absolute atomic E-state index is 0.213. The number of nitrogens with zero attached hydrogens (tertiary/aromatic N) is 1. The van der Waals surface area contributed by atoms with E-state index in [0.29, 0.717) is 12.3 Å². The molecule has 0 aromatic heterocycles. The van der Waals surface area contributed by atoms with Gasteiger partial charge in [0.2, 0.25) is 0 Å². The van der Waals surface area contributed by atoms with E-state index < -0.39 is 5.41 Å². The Morgan fingerprint density at radius 3 is 2.77 bits per heavy atom. The second-order valence-electron chi connectivity index (χ2n) is 4.11. The van der Waals surface area contributed by atoms with Crippen molar-refractivity contribution in [1.82, 2.24) is 0 Å². The second kappa shape index (κ2) is 3.37. The van der Waals surface area contributed by atoms with Gasteiger partial charge in [-0.1, -0.05) is 13.8 Å². The molecule has 0 amide bonds. The molecule has 1 aliphatic rings. The van der Waals surface area contributed by atoms with Gasteiger partial charge in [-0.05, 0) is 24.7 Å². The Morgan fingerprint density at radius 2 is 2.38 bits per heavy atom. The van der Waals surface area contributed by atoms with Crippen molar-refractivity contribution in [3.8, 4) is 6.07 Å². The van der Waals surface area contributed by atoms with Gasteiger partial charge in [-0.25, -0.2) is 0 Å². The quantitative estimate of drug-likeness (QED) is 0.623. The maximum atomic E-state index is 11.3. The first-order valence-corrected chi connectivity index (χ1v) is 4.56. The molecule has 0 aromatic carbocycles. The largest absolute Gasteiger partial charge is 0.468 e. The van der Waals surface area contributed by atoms with Crippen molar-refractivity contribution in [2.45, 2.75) is 26.7 Å². The first-order valence-electron chi connectivity index (χ1n) is 4.56. The molecular formula is C10H15NO2. The summed E-state index contributed by atoms with van der Waals surface area (Å²) in [6.07, 6.45) is 1.61. The van der Waals surface area contributed by atoms with Crippen molar-refractivity contribution in [3.63, 3.8) is 0 Å². The van der Waals surface area contributed by atoms with Crippen LogP contribution in [0.3, 0.4) is 0 Å². The second-order valence-corrected chi connectivity index (χ2v) is 4.11. The summed E-state index contributed by atoms with van der Waals surface area (Å²) in [4.78, 5) is 11.3. The number of hydrogen-bond donors (Lipinski definition) is 0. The summed E-state index contributed by atoms with van der Waals surface area (Å²) in [5.41, 5.74) is -0.807. The van der Waals surface area contributed by atoms with E-state index in [-0.39, 0.29) is 11.9 Å². The third-order valence-electron chi connectivity index (χ3n) is 2.61. The van der Waals surface area contributed by atoms with E-state index in [0.717, 1.165) is 6.42 Å². The smallest absolute Gasteiger partial charge is 0.326 e. The van der Waals surface area contributed by atoms with Crippen LogP contribution < -0.4 is 0 Å². The molecule has 0 N–H and O–H groups in total. The molecule has 0 aliphatic heterocycles. The van der Waals surface area contributed by atoms with Crippen LogP contribution in [0.25, 0.3) is 0 Å². The lowest BCUT2D eigenvalue weighted by atomic mass is 9.99. The van der Waals surface area contributed by atoms with Gasteiger partial charge in [0.1, 0.15) is 0 Å². The molecule has 72 valence electrons. The van der Waals surface area contributed by atoms with Crippen LogP contribution in [0.2, 0.25) is 0 Å². The van der Waals surface area contributed by atoms with Crippen LogP contribution >= 0.6 is 0 Å². The average Bonchev–Trinajstić information content (AvgIpc) is 2.77. The Balaban J connectivity index is 2.60. The summed E-state index contributed by atoms with van der Waals surface area (Å²) in [5.74, 6) is 0.385. The number of esters is 1. The fourth-order valence-electron chi connectivity index (χ4n) is 1.80. The van der Waals surface area contributed by atoms with Gasteiger partial charge >= 0.3 is 5.97 Å². The van der Waals surface area contributed by atoms with Gasteiger partial charge in [0.15, 0.2) is 5.41 Å². The van der Waals surface area contributed by atoms with Gasteiger partial charge in [0, 0.05) is 0 Å². The van der Waals surface area contributed by atoms with Crippen molar-refractivity contribution >= 4 is 5.97 Å².